The van der Waals surface area contributed by atoms with E-state index in [1.54, 1.807) is 12.1 Å². The first-order valence-corrected chi connectivity index (χ1v) is 6.25. The number of hydrogen-bond acceptors (Lipinski definition) is 1. The van der Waals surface area contributed by atoms with Crippen molar-refractivity contribution < 1.29 is 13.2 Å². The van der Waals surface area contributed by atoms with Gasteiger partial charge in [-0.15, -0.1) is 0 Å². The summed E-state index contributed by atoms with van der Waals surface area (Å²) in [4.78, 5) is 14.4. The first-order chi connectivity index (χ1) is 9.95. The number of hydrogen-bond donors (Lipinski definition) is 1. The van der Waals surface area contributed by atoms with E-state index < -0.39 is 11.7 Å². The second kappa shape index (κ2) is 4.77. The second-order valence-corrected chi connectivity index (χ2v) is 4.67. The van der Waals surface area contributed by atoms with Crippen molar-refractivity contribution >= 4 is 10.8 Å². The van der Waals surface area contributed by atoms with Gasteiger partial charge >= 0.3 is 6.18 Å². The van der Waals surface area contributed by atoms with E-state index in [0.29, 0.717) is 11.3 Å². The van der Waals surface area contributed by atoms with Crippen LogP contribution in [0.5, 0.6) is 0 Å². The molecule has 1 aromatic heterocycles. The van der Waals surface area contributed by atoms with E-state index in [2.05, 4.69) is 4.98 Å². The zero-order valence-electron chi connectivity index (χ0n) is 10.7. The molecule has 0 fully saturated rings. The van der Waals surface area contributed by atoms with Gasteiger partial charge in [-0.2, -0.15) is 13.2 Å². The van der Waals surface area contributed by atoms with Crippen LogP contribution in [0.4, 0.5) is 13.2 Å². The Morgan fingerprint density at radius 1 is 0.905 bits per heavy atom. The van der Waals surface area contributed by atoms with Crippen molar-refractivity contribution in [3.8, 4) is 11.3 Å². The molecule has 2 aromatic carbocycles. The number of pyridine rings is 1. The number of rotatable bonds is 1. The number of halogens is 3. The number of fused-ring (bicyclic) bond motifs is 1. The molecule has 0 radical (unpaired) electrons. The minimum atomic E-state index is -4.37. The standard InChI is InChI=1S/C16H10F3NO/c17-16(18,19)12-7-5-10(6-8-12)15-13-4-2-1-3-11(13)9-14(21)20-15/h1-9H,(H,20,21). The highest BCUT2D eigenvalue weighted by Crippen LogP contribution is 2.31. The summed E-state index contributed by atoms with van der Waals surface area (Å²) in [5, 5.41) is 1.54. The molecule has 0 saturated heterocycles. The Labute approximate surface area is 117 Å². The molecule has 3 rings (SSSR count). The van der Waals surface area contributed by atoms with E-state index in [1.165, 1.54) is 18.2 Å². The van der Waals surface area contributed by atoms with Crippen LogP contribution in [0.3, 0.4) is 0 Å². The van der Waals surface area contributed by atoms with Gasteiger partial charge in [0, 0.05) is 11.5 Å². The van der Waals surface area contributed by atoms with Gasteiger partial charge < -0.3 is 4.98 Å². The van der Waals surface area contributed by atoms with Crippen LogP contribution in [0.25, 0.3) is 22.0 Å². The fourth-order valence-corrected chi connectivity index (χ4v) is 2.27. The summed E-state index contributed by atoms with van der Waals surface area (Å²) in [5.41, 5.74) is 0.0566. The van der Waals surface area contributed by atoms with E-state index in [-0.39, 0.29) is 5.56 Å². The minimum Gasteiger partial charge on any atom is -0.321 e. The molecule has 1 N–H and O–H groups in total. The molecule has 0 bridgehead atoms. The lowest BCUT2D eigenvalue weighted by molar-refractivity contribution is -0.137. The van der Waals surface area contributed by atoms with Gasteiger partial charge in [-0.1, -0.05) is 36.4 Å². The third-order valence-corrected chi connectivity index (χ3v) is 3.27. The molecule has 0 aliphatic rings. The zero-order chi connectivity index (χ0) is 15.0. The van der Waals surface area contributed by atoms with Crippen LogP contribution in [0.15, 0.2) is 59.4 Å². The summed E-state index contributed by atoms with van der Waals surface area (Å²) < 4.78 is 37.7. The van der Waals surface area contributed by atoms with Crippen molar-refractivity contribution in [2.45, 2.75) is 6.18 Å². The topological polar surface area (TPSA) is 32.9 Å². The molecule has 0 aliphatic heterocycles. The molecular weight excluding hydrogens is 279 g/mol. The highest BCUT2D eigenvalue weighted by Gasteiger charge is 2.30. The van der Waals surface area contributed by atoms with Crippen molar-refractivity contribution in [3.63, 3.8) is 0 Å². The van der Waals surface area contributed by atoms with Gasteiger partial charge in [0.2, 0.25) is 5.56 Å². The Bertz CT molecular complexity index is 848. The number of nitrogens with one attached hydrogen (secondary N) is 1. The molecule has 0 aliphatic carbocycles. The Morgan fingerprint density at radius 2 is 1.57 bits per heavy atom. The Hall–Kier alpha value is -2.56. The van der Waals surface area contributed by atoms with Gasteiger partial charge in [0.15, 0.2) is 0 Å². The second-order valence-electron chi connectivity index (χ2n) is 4.67. The van der Waals surface area contributed by atoms with E-state index >= 15 is 0 Å². The van der Waals surface area contributed by atoms with Gasteiger partial charge in [0.1, 0.15) is 0 Å². The molecule has 1 heterocycles. The van der Waals surface area contributed by atoms with Crippen LogP contribution >= 0.6 is 0 Å². The largest absolute Gasteiger partial charge is 0.416 e. The fraction of sp³-hybridized carbons (Fsp3) is 0.0625. The SMILES string of the molecule is O=c1cc2ccccc2c(-c2ccc(C(F)(F)F)cc2)[nH]1. The maximum Gasteiger partial charge on any atom is 0.416 e. The maximum atomic E-state index is 12.6. The highest BCUT2D eigenvalue weighted by atomic mass is 19.4. The van der Waals surface area contributed by atoms with Crippen LogP contribution in [-0.2, 0) is 6.18 Å². The predicted octanol–water partition coefficient (Wildman–Crippen LogP) is 4.21. The van der Waals surface area contributed by atoms with Crippen LogP contribution in [0.1, 0.15) is 5.56 Å². The van der Waals surface area contributed by atoms with Crippen molar-refractivity contribution in [2.24, 2.45) is 0 Å². The number of aromatic nitrogens is 1. The summed E-state index contributed by atoms with van der Waals surface area (Å²) >= 11 is 0. The number of H-pyrrole nitrogens is 1. The van der Waals surface area contributed by atoms with Gasteiger partial charge in [0.25, 0.3) is 0 Å². The fourth-order valence-electron chi connectivity index (χ4n) is 2.27. The molecule has 5 heteroatoms. The molecule has 2 nitrogen and oxygen atoms in total. The van der Waals surface area contributed by atoms with Crippen molar-refractivity contribution in [2.75, 3.05) is 0 Å². The van der Waals surface area contributed by atoms with Crippen LogP contribution in [0.2, 0.25) is 0 Å². The summed E-state index contributed by atoms with van der Waals surface area (Å²) in [6.45, 7) is 0. The maximum absolute atomic E-state index is 12.6. The highest BCUT2D eigenvalue weighted by molar-refractivity contribution is 5.94. The molecular formula is C16H10F3NO. The third-order valence-electron chi connectivity index (χ3n) is 3.27. The Morgan fingerprint density at radius 3 is 2.24 bits per heavy atom. The van der Waals surface area contributed by atoms with Gasteiger partial charge in [-0.05, 0) is 23.1 Å². The van der Waals surface area contributed by atoms with E-state index in [9.17, 15) is 18.0 Å². The van der Waals surface area contributed by atoms with Crippen molar-refractivity contribution in [1.29, 1.82) is 0 Å². The van der Waals surface area contributed by atoms with E-state index in [4.69, 9.17) is 0 Å². The lowest BCUT2D eigenvalue weighted by atomic mass is 10.0. The molecule has 106 valence electrons. The number of aromatic amines is 1. The van der Waals surface area contributed by atoms with Crippen LogP contribution < -0.4 is 5.56 Å². The van der Waals surface area contributed by atoms with Gasteiger partial charge in [-0.25, -0.2) is 0 Å². The number of alkyl halides is 3. The van der Waals surface area contributed by atoms with Crippen LogP contribution in [0, 0.1) is 0 Å². The molecule has 0 atom stereocenters. The lowest BCUT2D eigenvalue weighted by Crippen LogP contribution is -2.06. The average molecular weight is 289 g/mol. The van der Waals surface area contributed by atoms with E-state index in [0.717, 1.165) is 22.9 Å². The molecule has 0 unspecified atom stereocenters. The third kappa shape index (κ3) is 2.54. The summed E-state index contributed by atoms with van der Waals surface area (Å²) in [7, 11) is 0. The zero-order valence-corrected chi connectivity index (χ0v) is 10.7. The van der Waals surface area contributed by atoms with Crippen molar-refractivity contribution in [1.82, 2.24) is 4.98 Å². The monoisotopic (exact) mass is 289 g/mol. The lowest BCUT2D eigenvalue weighted by Gasteiger charge is -2.09. The van der Waals surface area contributed by atoms with E-state index in [1.807, 2.05) is 12.1 Å². The smallest absolute Gasteiger partial charge is 0.321 e. The quantitative estimate of drug-likeness (QED) is 0.715. The predicted molar refractivity (Wildman–Crippen MR) is 75.0 cm³/mol. The first kappa shape index (κ1) is 13.4. The summed E-state index contributed by atoms with van der Waals surface area (Å²) in [5.74, 6) is 0. The normalized spacial score (nSPS) is 11.8. The summed E-state index contributed by atoms with van der Waals surface area (Å²) in [6, 6.07) is 13.4. The Balaban J connectivity index is 2.19. The molecule has 0 saturated carbocycles. The Kier molecular flexibility index (Phi) is 3.05. The number of benzene rings is 2. The van der Waals surface area contributed by atoms with Gasteiger partial charge in [0.05, 0.1) is 11.3 Å². The molecule has 0 amide bonds. The summed E-state index contributed by atoms with van der Waals surface area (Å²) in [6.07, 6.45) is -4.37. The van der Waals surface area contributed by atoms with Gasteiger partial charge in [-0.3, -0.25) is 4.79 Å². The van der Waals surface area contributed by atoms with Crippen LogP contribution in [-0.4, -0.2) is 4.98 Å². The molecule has 0 spiro atoms. The first-order valence-electron chi connectivity index (χ1n) is 6.25. The molecule has 21 heavy (non-hydrogen) atoms. The average Bonchev–Trinajstić information content (AvgIpc) is 2.45. The van der Waals surface area contributed by atoms with Crippen molar-refractivity contribution in [3.05, 3.63) is 70.5 Å². The molecule has 3 aromatic rings. The minimum absolute atomic E-state index is 0.288.